The lowest BCUT2D eigenvalue weighted by Gasteiger charge is -2.23. The van der Waals surface area contributed by atoms with Gasteiger partial charge >= 0.3 is 0 Å². The molecule has 0 radical (unpaired) electrons. The van der Waals surface area contributed by atoms with Gasteiger partial charge in [-0.15, -0.1) is 6.58 Å². The van der Waals surface area contributed by atoms with Crippen molar-refractivity contribution in [2.24, 2.45) is 0 Å². The Bertz CT molecular complexity index is 983. The van der Waals surface area contributed by atoms with Crippen LogP contribution < -0.4 is 16.2 Å². The molecule has 3 N–H and O–H groups in total. The van der Waals surface area contributed by atoms with Gasteiger partial charge in [-0.1, -0.05) is 35.5 Å². The molecule has 1 unspecified atom stereocenters. The maximum atomic E-state index is 12.8. The third-order valence-corrected chi connectivity index (χ3v) is 5.09. The zero-order valence-electron chi connectivity index (χ0n) is 15.1. The lowest BCUT2D eigenvalue weighted by molar-refractivity contribution is -0.123. The lowest BCUT2D eigenvalue weighted by atomic mass is 9.92. The number of anilines is 2. The van der Waals surface area contributed by atoms with Gasteiger partial charge in [0.05, 0.1) is 11.5 Å². The highest BCUT2D eigenvalue weighted by Gasteiger charge is 2.34. The number of aryl methyl sites for hydroxylation is 2. The molecular weight excluding hydrogens is 364 g/mol. The predicted molar refractivity (Wildman–Crippen MR) is 106 cm³/mol. The molecule has 140 valence electrons. The fraction of sp³-hybridized carbons (Fsp3) is 0.263. The van der Waals surface area contributed by atoms with E-state index in [-0.39, 0.29) is 23.7 Å². The molecule has 2 heterocycles. The topological polar surface area (TPSA) is 104 Å². The van der Waals surface area contributed by atoms with Gasteiger partial charge in [0.1, 0.15) is 5.82 Å². The van der Waals surface area contributed by atoms with Crippen LogP contribution in [0.15, 0.2) is 40.8 Å². The lowest BCUT2D eigenvalue weighted by Crippen LogP contribution is -2.36. The molecule has 0 aliphatic carbocycles. The molecule has 1 aliphatic rings. The van der Waals surface area contributed by atoms with E-state index >= 15 is 0 Å². The quantitative estimate of drug-likeness (QED) is 0.418. The van der Waals surface area contributed by atoms with Crippen LogP contribution in [-0.2, 0) is 9.59 Å². The first-order chi connectivity index (χ1) is 12.9. The van der Waals surface area contributed by atoms with Crippen LogP contribution >= 0.6 is 11.8 Å². The SMILES string of the molecule is C=CCSc1nc2c(c(=O)[nH]1)C(C(=O)Nc1ccc(C)cc1C)CC(=O)N2. The number of nitrogens with zero attached hydrogens (tertiary/aromatic N) is 1. The number of hydrogen-bond donors (Lipinski definition) is 3. The summed E-state index contributed by atoms with van der Waals surface area (Å²) in [4.78, 5) is 44.4. The van der Waals surface area contributed by atoms with Crippen LogP contribution in [0.2, 0.25) is 0 Å². The molecule has 1 atom stereocenters. The highest BCUT2D eigenvalue weighted by molar-refractivity contribution is 7.99. The van der Waals surface area contributed by atoms with Gasteiger partial charge < -0.3 is 15.6 Å². The number of H-pyrrole nitrogens is 1. The van der Waals surface area contributed by atoms with E-state index in [1.165, 1.54) is 11.8 Å². The van der Waals surface area contributed by atoms with Crippen molar-refractivity contribution in [1.82, 2.24) is 9.97 Å². The van der Waals surface area contributed by atoms with Gasteiger partial charge in [-0.25, -0.2) is 4.98 Å². The molecule has 27 heavy (non-hydrogen) atoms. The summed E-state index contributed by atoms with van der Waals surface area (Å²) in [5.74, 6) is -0.948. The normalized spacial score (nSPS) is 15.6. The van der Waals surface area contributed by atoms with Crippen molar-refractivity contribution >= 4 is 35.1 Å². The van der Waals surface area contributed by atoms with E-state index in [4.69, 9.17) is 0 Å². The van der Waals surface area contributed by atoms with Gasteiger partial charge in [0.25, 0.3) is 5.56 Å². The molecular formula is C19H20N4O3S. The van der Waals surface area contributed by atoms with Gasteiger partial charge in [-0.05, 0) is 25.5 Å². The van der Waals surface area contributed by atoms with Crippen LogP contribution in [0, 0.1) is 13.8 Å². The molecule has 3 rings (SSSR count). The molecule has 0 fully saturated rings. The van der Waals surface area contributed by atoms with Crippen LogP contribution in [0.25, 0.3) is 0 Å². The van der Waals surface area contributed by atoms with Crippen molar-refractivity contribution in [3.8, 4) is 0 Å². The second kappa shape index (κ2) is 7.79. The molecule has 0 saturated carbocycles. The van der Waals surface area contributed by atoms with Crippen LogP contribution in [-0.4, -0.2) is 27.5 Å². The van der Waals surface area contributed by atoms with Crippen molar-refractivity contribution < 1.29 is 9.59 Å². The number of aromatic amines is 1. The molecule has 7 nitrogen and oxygen atoms in total. The summed E-state index contributed by atoms with van der Waals surface area (Å²) in [6, 6.07) is 5.65. The van der Waals surface area contributed by atoms with Crippen LogP contribution in [0.1, 0.15) is 29.0 Å². The second-order valence-electron chi connectivity index (χ2n) is 6.35. The third-order valence-electron chi connectivity index (χ3n) is 4.22. The molecule has 8 heteroatoms. The Hall–Kier alpha value is -2.87. The Balaban J connectivity index is 1.93. The Morgan fingerprint density at radius 3 is 2.89 bits per heavy atom. The van der Waals surface area contributed by atoms with Crippen molar-refractivity contribution in [2.45, 2.75) is 31.3 Å². The van der Waals surface area contributed by atoms with E-state index in [1.807, 2.05) is 32.0 Å². The molecule has 2 aromatic rings. The number of rotatable bonds is 5. The first kappa shape index (κ1) is 18.9. The van der Waals surface area contributed by atoms with Crippen molar-refractivity contribution in [2.75, 3.05) is 16.4 Å². The van der Waals surface area contributed by atoms with E-state index in [9.17, 15) is 14.4 Å². The van der Waals surface area contributed by atoms with E-state index < -0.39 is 17.4 Å². The highest BCUT2D eigenvalue weighted by Crippen LogP contribution is 2.30. The summed E-state index contributed by atoms with van der Waals surface area (Å²) in [6.07, 6.45) is 1.58. The first-order valence-electron chi connectivity index (χ1n) is 8.45. The Kier molecular flexibility index (Phi) is 5.46. The van der Waals surface area contributed by atoms with Crippen LogP contribution in [0.4, 0.5) is 11.5 Å². The summed E-state index contributed by atoms with van der Waals surface area (Å²) in [5.41, 5.74) is 2.40. The molecule has 1 aromatic heterocycles. The zero-order chi connectivity index (χ0) is 19.6. The number of hydrogen-bond acceptors (Lipinski definition) is 5. The standard InChI is InChI=1S/C19H20N4O3S/c1-4-7-27-19-22-16-15(18(26)23-19)12(9-14(24)21-16)17(25)20-13-6-5-10(2)8-11(13)3/h4-6,8,12H,1,7,9H2,2-3H3,(H,20,25)(H2,21,22,23,24,26). The average molecular weight is 384 g/mol. The maximum Gasteiger partial charge on any atom is 0.257 e. The van der Waals surface area contributed by atoms with Crippen molar-refractivity contribution in [1.29, 1.82) is 0 Å². The monoisotopic (exact) mass is 384 g/mol. The second-order valence-corrected chi connectivity index (χ2v) is 7.35. The van der Waals surface area contributed by atoms with Crippen molar-refractivity contribution in [3.63, 3.8) is 0 Å². The number of amides is 2. The molecule has 0 spiro atoms. The molecule has 1 aromatic carbocycles. The summed E-state index contributed by atoms with van der Waals surface area (Å²) >= 11 is 1.29. The molecule has 2 amide bonds. The van der Waals surface area contributed by atoms with Gasteiger partial charge in [0.15, 0.2) is 5.16 Å². The Labute approximate surface area is 160 Å². The van der Waals surface area contributed by atoms with Gasteiger partial charge in [0.2, 0.25) is 11.8 Å². The van der Waals surface area contributed by atoms with E-state index in [2.05, 4.69) is 27.2 Å². The van der Waals surface area contributed by atoms with E-state index in [1.54, 1.807) is 6.08 Å². The van der Waals surface area contributed by atoms with Crippen LogP contribution in [0.3, 0.4) is 0 Å². The summed E-state index contributed by atoms with van der Waals surface area (Å²) in [5, 5.41) is 5.79. The predicted octanol–water partition coefficient (Wildman–Crippen LogP) is 2.73. The van der Waals surface area contributed by atoms with Gasteiger partial charge in [-0.2, -0.15) is 0 Å². The number of carbonyl (C=O) groups excluding carboxylic acids is 2. The van der Waals surface area contributed by atoms with Gasteiger partial charge in [0, 0.05) is 17.9 Å². The smallest absolute Gasteiger partial charge is 0.257 e. The fourth-order valence-electron chi connectivity index (χ4n) is 2.95. The van der Waals surface area contributed by atoms with Crippen molar-refractivity contribution in [3.05, 3.63) is 57.9 Å². The van der Waals surface area contributed by atoms with Crippen LogP contribution in [0.5, 0.6) is 0 Å². The third kappa shape index (κ3) is 4.11. The number of fused-ring (bicyclic) bond motifs is 1. The summed E-state index contributed by atoms with van der Waals surface area (Å²) in [6.45, 7) is 7.48. The number of thioether (sulfide) groups is 1. The number of nitrogens with one attached hydrogen (secondary N) is 3. The number of benzene rings is 1. The number of carbonyl (C=O) groups is 2. The highest BCUT2D eigenvalue weighted by atomic mass is 32.2. The first-order valence-corrected chi connectivity index (χ1v) is 9.43. The number of aromatic nitrogens is 2. The largest absolute Gasteiger partial charge is 0.325 e. The Morgan fingerprint density at radius 1 is 1.41 bits per heavy atom. The minimum absolute atomic E-state index is 0.104. The maximum absolute atomic E-state index is 12.8. The summed E-state index contributed by atoms with van der Waals surface area (Å²) in [7, 11) is 0. The molecule has 1 aliphatic heterocycles. The van der Waals surface area contributed by atoms with E-state index in [0.29, 0.717) is 16.6 Å². The Morgan fingerprint density at radius 2 is 2.19 bits per heavy atom. The fourth-order valence-corrected chi connectivity index (χ4v) is 3.55. The summed E-state index contributed by atoms with van der Waals surface area (Å²) < 4.78 is 0. The molecule has 0 saturated heterocycles. The minimum Gasteiger partial charge on any atom is -0.325 e. The molecule has 0 bridgehead atoms. The zero-order valence-corrected chi connectivity index (χ0v) is 15.9. The van der Waals surface area contributed by atoms with Gasteiger partial charge in [-0.3, -0.25) is 14.4 Å². The van der Waals surface area contributed by atoms with E-state index in [0.717, 1.165) is 11.1 Å². The average Bonchev–Trinajstić information content (AvgIpc) is 2.61. The minimum atomic E-state index is -0.899.